The molecule has 3 rings (SSSR count). The van der Waals surface area contributed by atoms with Crippen LogP contribution >= 0.6 is 23.7 Å². The van der Waals surface area contributed by atoms with E-state index in [2.05, 4.69) is 5.32 Å². The largest absolute Gasteiger partial charge is 0.338 e. The molecule has 1 aromatic heterocycles. The Morgan fingerprint density at radius 2 is 1.88 bits per heavy atom. The molecule has 148 valence electrons. The van der Waals surface area contributed by atoms with Gasteiger partial charge in [-0.15, -0.1) is 23.7 Å². The number of hydrogen-bond donors (Lipinski definition) is 1. The monoisotopic (exact) mass is 421 g/mol. The van der Waals surface area contributed by atoms with Gasteiger partial charge in [-0.05, 0) is 63.1 Å². The highest BCUT2D eigenvalue weighted by atomic mass is 35.5. The predicted molar refractivity (Wildman–Crippen MR) is 107 cm³/mol. The number of piperidine rings is 1. The molecule has 0 bridgehead atoms. The van der Waals surface area contributed by atoms with Gasteiger partial charge in [0.1, 0.15) is 9.77 Å². The number of nitrogens with one attached hydrogen (secondary N) is 1. The summed E-state index contributed by atoms with van der Waals surface area (Å²) in [5.41, 5.74) is 0. The number of carbonyl (C=O) groups excluding carboxylic acids is 1. The molecule has 1 amide bonds. The molecule has 26 heavy (non-hydrogen) atoms. The van der Waals surface area contributed by atoms with Crippen molar-refractivity contribution in [1.29, 1.82) is 0 Å². The van der Waals surface area contributed by atoms with Crippen molar-refractivity contribution < 1.29 is 13.2 Å². The fourth-order valence-corrected chi connectivity index (χ4v) is 6.52. The number of amides is 1. The molecule has 0 spiro atoms. The van der Waals surface area contributed by atoms with Gasteiger partial charge in [-0.1, -0.05) is 0 Å². The van der Waals surface area contributed by atoms with Gasteiger partial charge in [0.15, 0.2) is 0 Å². The van der Waals surface area contributed by atoms with E-state index >= 15 is 0 Å². The maximum atomic E-state index is 12.9. The summed E-state index contributed by atoms with van der Waals surface area (Å²) in [6.07, 6.45) is 4.91. The van der Waals surface area contributed by atoms with E-state index in [9.17, 15) is 13.2 Å². The summed E-state index contributed by atoms with van der Waals surface area (Å²) in [5, 5.41) is 4.89. The lowest BCUT2D eigenvalue weighted by molar-refractivity contribution is 0.0688. The Morgan fingerprint density at radius 3 is 2.50 bits per heavy atom. The average molecular weight is 422 g/mol. The number of carbonyl (C=O) groups is 1. The zero-order valence-electron chi connectivity index (χ0n) is 15.1. The van der Waals surface area contributed by atoms with E-state index in [4.69, 9.17) is 0 Å². The third kappa shape index (κ3) is 4.59. The highest BCUT2D eigenvalue weighted by Gasteiger charge is 2.34. The van der Waals surface area contributed by atoms with Crippen LogP contribution in [0.15, 0.2) is 16.3 Å². The second-order valence-corrected chi connectivity index (χ2v) is 9.68. The van der Waals surface area contributed by atoms with E-state index in [1.807, 2.05) is 11.9 Å². The predicted octanol–water partition coefficient (Wildman–Crippen LogP) is 2.42. The molecule has 0 aliphatic carbocycles. The van der Waals surface area contributed by atoms with E-state index in [0.29, 0.717) is 37.0 Å². The Morgan fingerprint density at radius 1 is 1.23 bits per heavy atom. The van der Waals surface area contributed by atoms with Gasteiger partial charge in [0.2, 0.25) is 10.0 Å². The van der Waals surface area contributed by atoms with Crippen molar-refractivity contribution in [2.45, 2.75) is 37.0 Å². The number of sulfonamides is 1. The summed E-state index contributed by atoms with van der Waals surface area (Å²) in [6.45, 7) is 3.55. The van der Waals surface area contributed by atoms with Crippen LogP contribution in [0.1, 0.15) is 41.8 Å². The van der Waals surface area contributed by atoms with E-state index in [0.717, 1.165) is 38.6 Å². The molecule has 3 heterocycles. The minimum absolute atomic E-state index is 0. The summed E-state index contributed by atoms with van der Waals surface area (Å²) >= 11 is 1.24. The Balaban J connectivity index is 0.00000243. The number of nitrogens with zero attached hydrogens (tertiary/aromatic N) is 2. The Hall–Kier alpha value is -0.670. The smallest absolute Gasteiger partial charge is 0.265 e. The number of hydrogen-bond acceptors (Lipinski definition) is 5. The second-order valence-electron chi connectivity index (χ2n) is 6.85. The highest BCUT2D eigenvalue weighted by molar-refractivity contribution is 7.89. The summed E-state index contributed by atoms with van der Waals surface area (Å²) in [6, 6.07) is 1.59. The van der Waals surface area contributed by atoms with E-state index in [-0.39, 0.29) is 23.2 Å². The summed E-state index contributed by atoms with van der Waals surface area (Å²) in [5.74, 6) is 0.521. The van der Waals surface area contributed by atoms with Gasteiger partial charge < -0.3 is 10.2 Å². The first-order valence-electron chi connectivity index (χ1n) is 9.05. The molecule has 2 saturated heterocycles. The minimum atomic E-state index is -3.54. The Kier molecular flexibility index (Phi) is 7.90. The second kappa shape index (κ2) is 9.50. The summed E-state index contributed by atoms with van der Waals surface area (Å²) in [4.78, 5) is 15.3. The maximum Gasteiger partial charge on any atom is 0.265 e. The molecule has 0 aromatic carbocycles. The average Bonchev–Trinajstić information content (AvgIpc) is 3.31. The van der Waals surface area contributed by atoms with Crippen molar-refractivity contribution in [2.75, 3.05) is 39.8 Å². The molecule has 1 aromatic rings. The lowest BCUT2D eigenvalue weighted by Crippen LogP contribution is -2.39. The lowest BCUT2D eigenvalue weighted by Gasteiger charge is -2.32. The molecule has 6 nitrogen and oxygen atoms in total. The first kappa shape index (κ1) is 21.6. The maximum absolute atomic E-state index is 12.9. The van der Waals surface area contributed by atoms with Crippen molar-refractivity contribution in [1.82, 2.24) is 14.5 Å². The molecular weight excluding hydrogens is 394 g/mol. The molecule has 1 N–H and O–H groups in total. The van der Waals surface area contributed by atoms with Crippen LogP contribution in [0.2, 0.25) is 0 Å². The molecule has 2 aliphatic heterocycles. The molecule has 0 unspecified atom stereocenters. The first-order chi connectivity index (χ1) is 12.0. The third-order valence-corrected chi connectivity index (χ3v) is 8.18. The Bertz CT molecular complexity index is 694. The molecule has 2 fully saturated rings. The van der Waals surface area contributed by atoms with Crippen molar-refractivity contribution in [3.8, 4) is 0 Å². The standard InChI is InChI=1S/C17H27N3O3S2.ClH/c1-18-8-4-14-5-11-19(12-6-14)17(21)16-15(7-13-24-16)25(22,23)20-9-2-3-10-20;/h7,13-14,18H,2-6,8-12H2,1H3;1H. The van der Waals surface area contributed by atoms with Gasteiger partial charge in [0, 0.05) is 26.2 Å². The number of thiophene rings is 1. The van der Waals surface area contributed by atoms with Gasteiger partial charge in [-0.3, -0.25) is 4.79 Å². The lowest BCUT2D eigenvalue weighted by atomic mass is 9.93. The van der Waals surface area contributed by atoms with Crippen LogP contribution in [0, 0.1) is 5.92 Å². The molecule has 9 heteroatoms. The van der Waals surface area contributed by atoms with Gasteiger partial charge in [0.05, 0.1) is 0 Å². The number of rotatable bonds is 6. The van der Waals surface area contributed by atoms with Crippen molar-refractivity contribution in [3.05, 3.63) is 16.3 Å². The minimum Gasteiger partial charge on any atom is -0.338 e. The van der Waals surface area contributed by atoms with Crippen LogP contribution in [0.3, 0.4) is 0 Å². The number of halogens is 1. The fourth-order valence-electron chi connectivity index (χ4n) is 3.64. The topological polar surface area (TPSA) is 69.7 Å². The van der Waals surface area contributed by atoms with Crippen LogP contribution in [0.4, 0.5) is 0 Å². The van der Waals surface area contributed by atoms with Crippen molar-refractivity contribution >= 4 is 39.7 Å². The van der Waals surface area contributed by atoms with Crippen LogP contribution in [-0.2, 0) is 10.0 Å². The van der Waals surface area contributed by atoms with Crippen LogP contribution in [-0.4, -0.2) is 63.3 Å². The van der Waals surface area contributed by atoms with Crippen LogP contribution in [0.5, 0.6) is 0 Å². The molecule has 0 atom stereocenters. The third-order valence-electron chi connectivity index (χ3n) is 5.21. The Labute approximate surface area is 166 Å². The fraction of sp³-hybridized carbons (Fsp3) is 0.706. The number of likely N-dealkylation sites (tertiary alicyclic amines) is 1. The zero-order valence-corrected chi connectivity index (χ0v) is 17.6. The van der Waals surface area contributed by atoms with Gasteiger partial charge in [-0.25, -0.2) is 8.42 Å². The highest BCUT2D eigenvalue weighted by Crippen LogP contribution is 2.30. The molecule has 0 radical (unpaired) electrons. The van der Waals surface area contributed by atoms with E-state index in [1.165, 1.54) is 15.6 Å². The van der Waals surface area contributed by atoms with Crippen molar-refractivity contribution in [3.63, 3.8) is 0 Å². The SMILES string of the molecule is CNCCC1CCN(C(=O)c2sccc2S(=O)(=O)N2CCCC2)CC1.Cl. The van der Waals surface area contributed by atoms with Crippen LogP contribution < -0.4 is 5.32 Å². The van der Waals surface area contributed by atoms with Crippen molar-refractivity contribution in [2.24, 2.45) is 5.92 Å². The van der Waals surface area contributed by atoms with Gasteiger partial charge in [-0.2, -0.15) is 4.31 Å². The quantitative estimate of drug-likeness (QED) is 0.765. The van der Waals surface area contributed by atoms with Crippen LogP contribution in [0.25, 0.3) is 0 Å². The first-order valence-corrected chi connectivity index (χ1v) is 11.4. The van der Waals surface area contributed by atoms with Gasteiger partial charge in [0.25, 0.3) is 5.91 Å². The zero-order chi connectivity index (χ0) is 17.9. The molecule has 0 saturated carbocycles. The molecular formula is C17H28ClN3O3S2. The van der Waals surface area contributed by atoms with Gasteiger partial charge >= 0.3 is 0 Å². The normalized spacial score (nSPS) is 19.5. The summed E-state index contributed by atoms with van der Waals surface area (Å²) < 4.78 is 27.2. The summed E-state index contributed by atoms with van der Waals surface area (Å²) in [7, 11) is -1.59. The van der Waals surface area contributed by atoms with E-state index in [1.54, 1.807) is 11.4 Å². The van der Waals surface area contributed by atoms with E-state index < -0.39 is 10.0 Å². The molecule has 2 aliphatic rings.